The average molecular weight is 334 g/mol. The van der Waals surface area contributed by atoms with Crippen molar-refractivity contribution in [1.29, 1.82) is 0 Å². The molecule has 3 rings (SSSR count). The van der Waals surface area contributed by atoms with E-state index in [-0.39, 0.29) is 29.7 Å². The van der Waals surface area contributed by atoms with Crippen LogP contribution in [0.5, 0.6) is 0 Å². The van der Waals surface area contributed by atoms with Crippen molar-refractivity contribution < 1.29 is 9.18 Å². The largest absolute Gasteiger partial charge is 0.350 e. The molecule has 0 atom stereocenters. The first kappa shape index (κ1) is 15.9. The van der Waals surface area contributed by atoms with Gasteiger partial charge < -0.3 is 5.32 Å². The molecular weight excluding hydrogens is 315 g/mol. The molecule has 0 saturated carbocycles. The summed E-state index contributed by atoms with van der Waals surface area (Å²) in [6.45, 7) is 2.00. The van der Waals surface area contributed by atoms with Crippen LogP contribution in [0.25, 0.3) is 0 Å². The van der Waals surface area contributed by atoms with Gasteiger partial charge in [0.2, 0.25) is 5.91 Å². The normalized spacial score (nSPS) is 13.7. The maximum absolute atomic E-state index is 13.5. The molecule has 0 aliphatic heterocycles. The third kappa shape index (κ3) is 3.52. The molecule has 1 N–H and O–H groups in total. The second-order valence-electron chi connectivity index (χ2n) is 5.89. The Hall–Kier alpha value is -1.95. The highest BCUT2D eigenvalue weighted by atomic mass is 32.1. The molecule has 23 heavy (non-hydrogen) atoms. The number of thiazole rings is 1. The van der Waals surface area contributed by atoms with E-state index in [4.69, 9.17) is 0 Å². The zero-order valence-electron chi connectivity index (χ0n) is 13.0. The SMILES string of the molecule is Cc1ccc(CNC(=O)Cn2c3c(sc2=O)CCCC3)cc1F. The molecule has 1 amide bonds. The standard InChI is InChI=1S/C17H19FN2O2S/c1-11-6-7-12(8-13(11)18)9-19-16(21)10-20-14-4-2-3-5-15(14)23-17(20)22/h6-8H,2-5,9-10H2,1H3,(H,19,21). The molecule has 1 aromatic heterocycles. The minimum absolute atomic E-state index is 0.0407. The van der Waals surface area contributed by atoms with E-state index in [9.17, 15) is 14.0 Å². The summed E-state index contributed by atoms with van der Waals surface area (Å²) in [5.74, 6) is -0.501. The van der Waals surface area contributed by atoms with Crippen molar-refractivity contribution in [1.82, 2.24) is 9.88 Å². The predicted molar refractivity (Wildman–Crippen MR) is 88.2 cm³/mol. The molecule has 0 radical (unpaired) electrons. The first-order valence-electron chi connectivity index (χ1n) is 7.77. The maximum atomic E-state index is 13.5. The Morgan fingerprint density at radius 3 is 2.91 bits per heavy atom. The van der Waals surface area contributed by atoms with Crippen molar-refractivity contribution in [3.63, 3.8) is 0 Å². The number of nitrogens with one attached hydrogen (secondary N) is 1. The molecule has 122 valence electrons. The third-order valence-electron chi connectivity index (χ3n) is 4.17. The summed E-state index contributed by atoms with van der Waals surface area (Å²) in [5.41, 5.74) is 2.31. The molecule has 1 heterocycles. The van der Waals surface area contributed by atoms with Crippen LogP contribution in [0.2, 0.25) is 0 Å². The molecule has 1 aliphatic carbocycles. The van der Waals surface area contributed by atoms with Gasteiger partial charge >= 0.3 is 4.87 Å². The van der Waals surface area contributed by atoms with Gasteiger partial charge in [0.15, 0.2) is 0 Å². The molecule has 0 spiro atoms. The number of nitrogens with zero attached hydrogens (tertiary/aromatic N) is 1. The summed E-state index contributed by atoms with van der Waals surface area (Å²) in [5, 5.41) is 2.76. The van der Waals surface area contributed by atoms with Crippen LogP contribution in [0.1, 0.15) is 34.5 Å². The highest BCUT2D eigenvalue weighted by Crippen LogP contribution is 2.23. The molecule has 4 nitrogen and oxygen atoms in total. The summed E-state index contributed by atoms with van der Waals surface area (Å²) in [7, 11) is 0. The van der Waals surface area contributed by atoms with Crippen molar-refractivity contribution in [3.05, 3.63) is 55.4 Å². The van der Waals surface area contributed by atoms with Gasteiger partial charge in [0, 0.05) is 17.1 Å². The van der Waals surface area contributed by atoms with E-state index in [0.717, 1.165) is 36.3 Å². The smallest absolute Gasteiger partial charge is 0.308 e. The highest BCUT2D eigenvalue weighted by molar-refractivity contribution is 7.09. The number of amides is 1. The monoisotopic (exact) mass is 334 g/mol. The highest BCUT2D eigenvalue weighted by Gasteiger charge is 2.19. The number of hydrogen-bond acceptors (Lipinski definition) is 3. The van der Waals surface area contributed by atoms with E-state index < -0.39 is 0 Å². The van der Waals surface area contributed by atoms with Crippen molar-refractivity contribution in [2.75, 3.05) is 0 Å². The number of halogens is 1. The Labute approximate surface area is 138 Å². The van der Waals surface area contributed by atoms with Crippen molar-refractivity contribution in [3.8, 4) is 0 Å². The van der Waals surface area contributed by atoms with E-state index in [1.165, 1.54) is 17.4 Å². The Kier molecular flexibility index (Phi) is 4.61. The average Bonchev–Trinajstić information content (AvgIpc) is 2.84. The summed E-state index contributed by atoms with van der Waals surface area (Å²) >= 11 is 1.25. The topological polar surface area (TPSA) is 51.1 Å². The number of carbonyl (C=O) groups excluding carboxylic acids is 1. The van der Waals surface area contributed by atoms with Crippen LogP contribution in [0.15, 0.2) is 23.0 Å². The molecule has 1 aliphatic rings. The second kappa shape index (κ2) is 6.66. The molecule has 6 heteroatoms. The zero-order chi connectivity index (χ0) is 16.4. The van der Waals surface area contributed by atoms with Gasteiger partial charge in [0.25, 0.3) is 0 Å². The van der Waals surface area contributed by atoms with Crippen LogP contribution in [-0.4, -0.2) is 10.5 Å². The Morgan fingerprint density at radius 2 is 2.13 bits per heavy atom. The van der Waals surface area contributed by atoms with Gasteiger partial charge in [0.1, 0.15) is 12.4 Å². The number of hydrogen-bond donors (Lipinski definition) is 1. The van der Waals surface area contributed by atoms with Crippen molar-refractivity contribution in [2.24, 2.45) is 0 Å². The fourth-order valence-corrected chi connectivity index (χ4v) is 3.91. The maximum Gasteiger partial charge on any atom is 0.308 e. The van der Waals surface area contributed by atoms with Gasteiger partial charge in [-0.15, -0.1) is 0 Å². The van der Waals surface area contributed by atoms with E-state index in [2.05, 4.69) is 5.32 Å². The summed E-state index contributed by atoms with van der Waals surface area (Å²) < 4.78 is 15.1. The van der Waals surface area contributed by atoms with Crippen LogP contribution < -0.4 is 10.2 Å². The van der Waals surface area contributed by atoms with Gasteiger partial charge in [-0.1, -0.05) is 23.5 Å². The van der Waals surface area contributed by atoms with E-state index in [0.29, 0.717) is 11.1 Å². The second-order valence-corrected chi connectivity index (χ2v) is 6.94. The van der Waals surface area contributed by atoms with Gasteiger partial charge in [-0.05, 0) is 49.8 Å². The molecule has 0 bridgehead atoms. The lowest BCUT2D eigenvalue weighted by atomic mass is 10.0. The number of rotatable bonds is 4. The van der Waals surface area contributed by atoms with Gasteiger partial charge in [0.05, 0.1) is 0 Å². The van der Waals surface area contributed by atoms with Crippen LogP contribution in [0.4, 0.5) is 4.39 Å². The molecular formula is C17H19FN2O2S. The van der Waals surface area contributed by atoms with Crippen LogP contribution in [0.3, 0.4) is 0 Å². The number of benzene rings is 1. The number of aryl methyl sites for hydroxylation is 2. The number of carbonyl (C=O) groups is 1. The van der Waals surface area contributed by atoms with Crippen molar-refractivity contribution >= 4 is 17.2 Å². The van der Waals surface area contributed by atoms with Crippen LogP contribution >= 0.6 is 11.3 Å². The Morgan fingerprint density at radius 1 is 1.35 bits per heavy atom. The van der Waals surface area contributed by atoms with E-state index in [1.807, 2.05) is 0 Å². The fourth-order valence-electron chi connectivity index (χ4n) is 2.83. The summed E-state index contributed by atoms with van der Waals surface area (Å²) in [4.78, 5) is 25.2. The van der Waals surface area contributed by atoms with Crippen LogP contribution in [-0.2, 0) is 30.7 Å². The summed E-state index contributed by atoms with van der Waals surface area (Å²) in [6, 6.07) is 4.90. The third-order valence-corrected chi connectivity index (χ3v) is 5.25. The first-order chi connectivity index (χ1) is 11.0. The lowest BCUT2D eigenvalue weighted by molar-refractivity contribution is -0.121. The van der Waals surface area contributed by atoms with Gasteiger partial charge in [-0.25, -0.2) is 4.39 Å². The van der Waals surface area contributed by atoms with E-state index in [1.54, 1.807) is 23.6 Å². The Bertz CT molecular complexity index is 794. The summed E-state index contributed by atoms with van der Waals surface area (Å²) in [6.07, 6.45) is 3.97. The lowest BCUT2D eigenvalue weighted by Gasteiger charge is -2.14. The van der Waals surface area contributed by atoms with Crippen molar-refractivity contribution in [2.45, 2.75) is 45.7 Å². The quantitative estimate of drug-likeness (QED) is 0.934. The van der Waals surface area contributed by atoms with Gasteiger partial charge in [-0.2, -0.15) is 0 Å². The number of aromatic nitrogens is 1. The lowest BCUT2D eigenvalue weighted by Crippen LogP contribution is -2.31. The fraction of sp³-hybridized carbons (Fsp3) is 0.412. The molecule has 0 saturated heterocycles. The number of fused-ring (bicyclic) bond motifs is 1. The molecule has 0 unspecified atom stereocenters. The first-order valence-corrected chi connectivity index (χ1v) is 8.59. The minimum Gasteiger partial charge on any atom is -0.350 e. The zero-order valence-corrected chi connectivity index (χ0v) is 13.8. The molecule has 1 aromatic carbocycles. The Balaban J connectivity index is 1.65. The predicted octanol–water partition coefficient (Wildman–Crippen LogP) is 2.55. The molecule has 2 aromatic rings. The van der Waals surface area contributed by atoms with Crippen LogP contribution in [0, 0.1) is 12.7 Å². The minimum atomic E-state index is -0.278. The molecule has 0 fully saturated rings. The van der Waals surface area contributed by atoms with Gasteiger partial charge in [-0.3, -0.25) is 14.2 Å². The van der Waals surface area contributed by atoms with E-state index >= 15 is 0 Å².